The van der Waals surface area contributed by atoms with Gasteiger partial charge in [0.05, 0.1) is 13.7 Å². The molecule has 0 aliphatic carbocycles. The number of H-pyrrole nitrogens is 1. The van der Waals surface area contributed by atoms with Crippen LogP contribution in [0.3, 0.4) is 0 Å². The first-order chi connectivity index (χ1) is 15.6. The van der Waals surface area contributed by atoms with Crippen LogP contribution in [0, 0.1) is 4.77 Å². The lowest BCUT2D eigenvalue weighted by Gasteiger charge is -2.23. The molecule has 1 aromatic heterocycles. The van der Waals surface area contributed by atoms with Crippen LogP contribution in [0.15, 0.2) is 54.6 Å². The number of hydrogen-bond donors (Lipinski definition) is 1. The predicted molar refractivity (Wildman–Crippen MR) is 127 cm³/mol. The van der Waals surface area contributed by atoms with Crippen LogP contribution in [0.4, 0.5) is 0 Å². The van der Waals surface area contributed by atoms with Gasteiger partial charge in [-0.05, 0) is 54.9 Å². The van der Waals surface area contributed by atoms with Crippen LogP contribution in [0.5, 0.6) is 5.75 Å². The van der Waals surface area contributed by atoms with E-state index >= 15 is 0 Å². The minimum atomic E-state index is 0.0823. The van der Waals surface area contributed by atoms with E-state index in [2.05, 4.69) is 22.3 Å². The number of carbonyl (C=O) groups excluding carboxylic acids is 1. The van der Waals surface area contributed by atoms with E-state index in [-0.39, 0.29) is 5.91 Å². The van der Waals surface area contributed by atoms with Crippen molar-refractivity contribution in [2.45, 2.75) is 25.8 Å². The second-order valence-electron chi connectivity index (χ2n) is 7.45. The molecule has 32 heavy (non-hydrogen) atoms. The number of aromatic amines is 1. The van der Waals surface area contributed by atoms with Crippen LogP contribution in [0.1, 0.15) is 18.4 Å². The highest BCUT2D eigenvalue weighted by molar-refractivity contribution is 7.71. The highest BCUT2D eigenvalue weighted by Gasteiger charge is 2.16. The van der Waals surface area contributed by atoms with Gasteiger partial charge < -0.3 is 14.4 Å². The minimum absolute atomic E-state index is 0.0823. The number of nitrogens with zero attached hydrogens (tertiary/aromatic N) is 3. The summed E-state index contributed by atoms with van der Waals surface area (Å²) < 4.78 is 12.8. The van der Waals surface area contributed by atoms with Gasteiger partial charge in [-0.1, -0.05) is 30.3 Å². The van der Waals surface area contributed by atoms with Gasteiger partial charge in [0.15, 0.2) is 10.6 Å². The highest BCUT2D eigenvalue weighted by Crippen LogP contribution is 2.21. The number of amides is 1. The van der Waals surface area contributed by atoms with Crippen LogP contribution >= 0.6 is 12.2 Å². The molecule has 0 spiro atoms. The van der Waals surface area contributed by atoms with E-state index in [4.69, 9.17) is 21.7 Å². The third kappa shape index (κ3) is 6.51. The van der Waals surface area contributed by atoms with Crippen molar-refractivity contribution in [3.63, 3.8) is 0 Å². The van der Waals surface area contributed by atoms with E-state index in [0.29, 0.717) is 43.3 Å². The molecule has 170 valence electrons. The maximum absolute atomic E-state index is 13.0. The molecule has 2 aromatic carbocycles. The third-order valence-corrected chi connectivity index (χ3v) is 5.62. The molecule has 1 heterocycles. The summed E-state index contributed by atoms with van der Waals surface area (Å²) in [5.74, 6) is 1.56. The zero-order valence-corrected chi connectivity index (χ0v) is 19.4. The maximum atomic E-state index is 13.0. The minimum Gasteiger partial charge on any atom is -0.497 e. The largest absolute Gasteiger partial charge is 0.497 e. The molecule has 8 heteroatoms. The Hall–Kier alpha value is -2.97. The van der Waals surface area contributed by atoms with Crippen LogP contribution < -0.4 is 4.74 Å². The Morgan fingerprint density at radius 3 is 2.53 bits per heavy atom. The van der Waals surface area contributed by atoms with Gasteiger partial charge in [0.1, 0.15) is 5.75 Å². The van der Waals surface area contributed by atoms with E-state index in [0.717, 1.165) is 24.2 Å². The Balaban J connectivity index is 1.62. The summed E-state index contributed by atoms with van der Waals surface area (Å²) in [5.41, 5.74) is 2.19. The lowest BCUT2D eigenvalue weighted by molar-refractivity contribution is -0.132. The highest BCUT2D eigenvalue weighted by atomic mass is 32.1. The summed E-state index contributed by atoms with van der Waals surface area (Å²) in [6.45, 7) is 2.24. The third-order valence-electron chi connectivity index (χ3n) is 5.31. The fourth-order valence-corrected chi connectivity index (χ4v) is 3.76. The van der Waals surface area contributed by atoms with Crippen LogP contribution in [-0.2, 0) is 22.5 Å². The fourth-order valence-electron chi connectivity index (χ4n) is 3.53. The molecule has 0 saturated carbocycles. The number of methoxy groups -OCH3 is 2. The van der Waals surface area contributed by atoms with Gasteiger partial charge in [-0.15, -0.1) is 0 Å². The SMILES string of the molecule is COCCN(CCCc1ccccc1)C(=O)CCn1c(-c2ccc(OC)cc2)n[nH]c1=S. The Morgan fingerprint density at radius 1 is 1.09 bits per heavy atom. The number of ether oxygens (including phenoxy) is 2. The van der Waals surface area contributed by atoms with Gasteiger partial charge in [0.2, 0.25) is 5.91 Å². The lowest BCUT2D eigenvalue weighted by Crippen LogP contribution is -2.35. The first-order valence-corrected chi connectivity index (χ1v) is 11.1. The van der Waals surface area contributed by atoms with Crippen molar-refractivity contribution >= 4 is 18.1 Å². The molecule has 0 fully saturated rings. The molecule has 0 aliphatic heterocycles. The molecule has 0 atom stereocenters. The standard InChI is InChI=1S/C24H30N4O3S/c1-30-18-17-27(15-6-9-19-7-4-3-5-8-19)22(29)14-16-28-23(25-26-24(28)32)20-10-12-21(31-2)13-11-20/h3-5,7-8,10-13H,6,9,14-18H2,1-2H3,(H,26,32). The summed E-state index contributed by atoms with van der Waals surface area (Å²) in [5, 5.41) is 7.20. The molecule has 3 rings (SSSR count). The summed E-state index contributed by atoms with van der Waals surface area (Å²) in [7, 11) is 3.28. The number of hydrogen-bond acceptors (Lipinski definition) is 5. The molecule has 0 aliphatic rings. The molecule has 1 N–H and O–H groups in total. The molecule has 0 unspecified atom stereocenters. The predicted octanol–water partition coefficient (Wildman–Crippen LogP) is 4.11. The quantitative estimate of drug-likeness (QED) is 0.417. The Labute approximate surface area is 194 Å². The Morgan fingerprint density at radius 2 is 1.84 bits per heavy atom. The lowest BCUT2D eigenvalue weighted by atomic mass is 10.1. The monoisotopic (exact) mass is 454 g/mol. The van der Waals surface area contributed by atoms with E-state index in [1.54, 1.807) is 14.2 Å². The average molecular weight is 455 g/mol. The fraction of sp³-hybridized carbons (Fsp3) is 0.375. The molecular formula is C24H30N4O3S. The molecule has 7 nitrogen and oxygen atoms in total. The van der Waals surface area contributed by atoms with Gasteiger partial charge in [-0.3, -0.25) is 14.5 Å². The van der Waals surface area contributed by atoms with Crippen molar-refractivity contribution in [1.82, 2.24) is 19.7 Å². The van der Waals surface area contributed by atoms with Crippen LogP contribution in [0.2, 0.25) is 0 Å². The first-order valence-electron chi connectivity index (χ1n) is 10.7. The van der Waals surface area contributed by atoms with Crippen molar-refractivity contribution in [3.05, 3.63) is 64.9 Å². The van der Waals surface area contributed by atoms with E-state index < -0.39 is 0 Å². The average Bonchev–Trinajstić information content (AvgIpc) is 3.20. The van der Waals surface area contributed by atoms with Gasteiger partial charge in [0, 0.05) is 38.7 Å². The molecular weight excluding hydrogens is 424 g/mol. The number of benzene rings is 2. The summed E-state index contributed by atoms with van der Waals surface area (Å²) in [6, 6.07) is 17.9. The maximum Gasteiger partial charge on any atom is 0.224 e. The van der Waals surface area contributed by atoms with E-state index in [1.165, 1.54) is 5.56 Å². The van der Waals surface area contributed by atoms with Crippen molar-refractivity contribution in [1.29, 1.82) is 0 Å². The molecule has 3 aromatic rings. The molecule has 1 amide bonds. The summed E-state index contributed by atoms with van der Waals surface area (Å²) in [6.07, 6.45) is 2.18. The molecule has 0 radical (unpaired) electrons. The molecule has 0 bridgehead atoms. The van der Waals surface area contributed by atoms with Gasteiger partial charge in [0.25, 0.3) is 0 Å². The summed E-state index contributed by atoms with van der Waals surface area (Å²) >= 11 is 5.41. The Bertz CT molecular complexity index is 1030. The number of nitrogens with one attached hydrogen (secondary N) is 1. The Kier molecular flexibility index (Phi) is 9.01. The van der Waals surface area contributed by atoms with E-state index in [1.807, 2.05) is 51.9 Å². The van der Waals surface area contributed by atoms with Crippen molar-refractivity contribution in [3.8, 4) is 17.1 Å². The topological polar surface area (TPSA) is 72.4 Å². The number of rotatable bonds is 12. The second-order valence-corrected chi connectivity index (χ2v) is 7.83. The van der Waals surface area contributed by atoms with Crippen LogP contribution in [0.25, 0.3) is 11.4 Å². The van der Waals surface area contributed by atoms with E-state index in [9.17, 15) is 4.79 Å². The first kappa shape index (κ1) is 23.7. The smallest absolute Gasteiger partial charge is 0.224 e. The zero-order chi connectivity index (χ0) is 22.8. The second kappa shape index (κ2) is 12.2. The van der Waals surface area contributed by atoms with Crippen molar-refractivity contribution in [2.24, 2.45) is 0 Å². The number of aryl methyl sites for hydroxylation is 1. The number of carbonyl (C=O) groups is 1. The van der Waals surface area contributed by atoms with Crippen molar-refractivity contribution in [2.75, 3.05) is 33.9 Å². The van der Waals surface area contributed by atoms with Crippen LogP contribution in [-0.4, -0.2) is 59.5 Å². The van der Waals surface area contributed by atoms with Crippen molar-refractivity contribution < 1.29 is 14.3 Å². The normalized spacial score (nSPS) is 10.8. The van der Waals surface area contributed by atoms with Gasteiger partial charge >= 0.3 is 0 Å². The van der Waals surface area contributed by atoms with Gasteiger partial charge in [-0.25, -0.2) is 0 Å². The number of aromatic nitrogens is 3. The molecule has 0 saturated heterocycles. The summed E-state index contributed by atoms with van der Waals surface area (Å²) in [4.78, 5) is 14.9. The van der Waals surface area contributed by atoms with Gasteiger partial charge in [-0.2, -0.15) is 5.10 Å². The zero-order valence-electron chi connectivity index (χ0n) is 18.6.